The molecular formula is C10H16N2O3S. The fourth-order valence-corrected chi connectivity index (χ4v) is 1.88. The summed E-state index contributed by atoms with van der Waals surface area (Å²) in [7, 11) is 0. The van der Waals surface area contributed by atoms with Gasteiger partial charge in [-0.05, 0) is 27.7 Å². The number of hydrogen-bond donors (Lipinski definition) is 2. The molecule has 0 bridgehead atoms. The Morgan fingerprint density at radius 1 is 1.56 bits per heavy atom. The summed E-state index contributed by atoms with van der Waals surface area (Å²) < 4.78 is 0. The SMILES string of the molecule is Cc1nc(C(=O)NOCC(C)(C)O)c(C)s1. The van der Waals surface area contributed by atoms with Crippen LogP contribution in [-0.2, 0) is 4.84 Å². The Morgan fingerprint density at radius 2 is 2.19 bits per heavy atom. The van der Waals surface area contributed by atoms with Crippen molar-refractivity contribution in [3.8, 4) is 0 Å². The number of nitrogens with zero attached hydrogens (tertiary/aromatic N) is 1. The molecule has 1 aromatic rings. The number of aliphatic hydroxyl groups is 1. The predicted molar refractivity (Wildman–Crippen MR) is 61.3 cm³/mol. The fourth-order valence-electron chi connectivity index (χ4n) is 1.07. The van der Waals surface area contributed by atoms with Gasteiger partial charge in [-0.15, -0.1) is 11.3 Å². The summed E-state index contributed by atoms with van der Waals surface area (Å²) >= 11 is 1.46. The van der Waals surface area contributed by atoms with Gasteiger partial charge in [0.2, 0.25) is 0 Å². The molecule has 0 aliphatic rings. The number of rotatable bonds is 4. The summed E-state index contributed by atoms with van der Waals surface area (Å²) in [4.78, 5) is 21.4. The first-order valence-corrected chi connectivity index (χ1v) is 5.70. The molecule has 2 N–H and O–H groups in total. The molecule has 0 aliphatic heterocycles. The van der Waals surface area contributed by atoms with Crippen molar-refractivity contribution in [3.63, 3.8) is 0 Å². The summed E-state index contributed by atoms with van der Waals surface area (Å²) in [5.41, 5.74) is 1.66. The van der Waals surface area contributed by atoms with Crippen molar-refractivity contribution in [1.82, 2.24) is 10.5 Å². The average Bonchev–Trinajstić information content (AvgIpc) is 2.43. The predicted octanol–water partition coefficient (Wildman–Crippen LogP) is 1.19. The zero-order valence-electron chi connectivity index (χ0n) is 9.83. The van der Waals surface area contributed by atoms with Gasteiger partial charge in [-0.25, -0.2) is 10.5 Å². The summed E-state index contributed by atoms with van der Waals surface area (Å²) in [5.74, 6) is -0.383. The third-order valence-electron chi connectivity index (χ3n) is 1.71. The number of carbonyl (C=O) groups excluding carboxylic acids is 1. The van der Waals surface area contributed by atoms with Crippen molar-refractivity contribution >= 4 is 17.2 Å². The highest BCUT2D eigenvalue weighted by Gasteiger charge is 2.17. The third-order valence-corrected chi connectivity index (χ3v) is 2.60. The lowest BCUT2D eigenvalue weighted by Crippen LogP contribution is -2.33. The van der Waals surface area contributed by atoms with Gasteiger partial charge in [0.1, 0.15) is 12.3 Å². The molecule has 1 aromatic heterocycles. The van der Waals surface area contributed by atoms with Crippen LogP contribution in [-0.4, -0.2) is 28.2 Å². The first-order valence-electron chi connectivity index (χ1n) is 4.88. The second kappa shape index (κ2) is 4.90. The lowest BCUT2D eigenvalue weighted by atomic mass is 10.2. The Labute approximate surface area is 98.4 Å². The second-order valence-electron chi connectivity index (χ2n) is 4.17. The Bertz CT molecular complexity index is 382. The maximum absolute atomic E-state index is 11.6. The van der Waals surface area contributed by atoms with Gasteiger partial charge in [0.05, 0.1) is 10.6 Å². The number of hydroxylamine groups is 1. The van der Waals surface area contributed by atoms with E-state index in [1.807, 2.05) is 13.8 Å². The first kappa shape index (κ1) is 13.1. The highest BCUT2D eigenvalue weighted by Crippen LogP contribution is 2.16. The topological polar surface area (TPSA) is 71.5 Å². The van der Waals surface area contributed by atoms with Gasteiger partial charge in [0, 0.05) is 4.88 Å². The van der Waals surface area contributed by atoms with Crippen LogP contribution in [0.25, 0.3) is 0 Å². The summed E-state index contributed by atoms with van der Waals surface area (Å²) in [5, 5.41) is 10.2. The number of aromatic nitrogens is 1. The second-order valence-corrected chi connectivity index (χ2v) is 5.58. The number of amides is 1. The molecule has 6 heteroatoms. The van der Waals surface area contributed by atoms with Crippen LogP contribution in [0.15, 0.2) is 0 Å². The normalized spacial score (nSPS) is 11.6. The molecule has 0 saturated carbocycles. The Morgan fingerprint density at radius 3 is 2.62 bits per heavy atom. The molecular weight excluding hydrogens is 228 g/mol. The minimum atomic E-state index is -0.972. The van der Waals surface area contributed by atoms with E-state index in [2.05, 4.69) is 10.5 Å². The van der Waals surface area contributed by atoms with E-state index in [-0.39, 0.29) is 12.5 Å². The van der Waals surface area contributed by atoms with Gasteiger partial charge < -0.3 is 5.11 Å². The largest absolute Gasteiger partial charge is 0.388 e. The molecule has 16 heavy (non-hydrogen) atoms. The lowest BCUT2D eigenvalue weighted by molar-refractivity contribution is -0.0524. The summed E-state index contributed by atoms with van der Waals surface area (Å²) in [6.07, 6.45) is 0. The molecule has 0 fully saturated rings. The van der Waals surface area contributed by atoms with Crippen molar-refractivity contribution in [2.45, 2.75) is 33.3 Å². The minimum absolute atomic E-state index is 0.0287. The molecule has 0 aromatic carbocycles. The van der Waals surface area contributed by atoms with Crippen LogP contribution in [0.5, 0.6) is 0 Å². The van der Waals surface area contributed by atoms with Crippen LogP contribution in [0.4, 0.5) is 0 Å². The third kappa shape index (κ3) is 3.88. The van der Waals surface area contributed by atoms with Gasteiger partial charge in [-0.3, -0.25) is 9.63 Å². The average molecular weight is 244 g/mol. The molecule has 0 unspecified atom stereocenters. The summed E-state index contributed by atoms with van der Waals surface area (Å²) in [6.45, 7) is 6.89. The number of thiazole rings is 1. The fraction of sp³-hybridized carbons (Fsp3) is 0.600. The molecule has 0 radical (unpaired) electrons. The molecule has 90 valence electrons. The van der Waals surface area contributed by atoms with Crippen LogP contribution in [0.1, 0.15) is 34.2 Å². The molecule has 0 saturated heterocycles. The van der Waals surface area contributed by atoms with E-state index in [9.17, 15) is 9.90 Å². The highest BCUT2D eigenvalue weighted by atomic mass is 32.1. The van der Waals surface area contributed by atoms with Gasteiger partial charge in [0.15, 0.2) is 0 Å². The monoisotopic (exact) mass is 244 g/mol. The van der Waals surface area contributed by atoms with E-state index in [0.717, 1.165) is 9.88 Å². The van der Waals surface area contributed by atoms with Crippen molar-refractivity contribution < 1.29 is 14.7 Å². The van der Waals surface area contributed by atoms with Crippen molar-refractivity contribution in [3.05, 3.63) is 15.6 Å². The van der Waals surface area contributed by atoms with Gasteiger partial charge >= 0.3 is 0 Å². The van der Waals surface area contributed by atoms with Crippen LogP contribution in [0.3, 0.4) is 0 Å². The molecule has 1 heterocycles. The number of carbonyl (C=O) groups is 1. The van der Waals surface area contributed by atoms with Crippen molar-refractivity contribution in [2.24, 2.45) is 0 Å². The van der Waals surface area contributed by atoms with E-state index >= 15 is 0 Å². The van der Waals surface area contributed by atoms with E-state index in [1.54, 1.807) is 13.8 Å². The van der Waals surface area contributed by atoms with E-state index < -0.39 is 5.60 Å². The van der Waals surface area contributed by atoms with E-state index in [4.69, 9.17) is 4.84 Å². The van der Waals surface area contributed by atoms with Crippen molar-refractivity contribution in [1.29, 1.82) is 0 Å². The minimum Gasteiger partial charge on any atom is -0.388 e. The maximum atomic E-state index is 11.6. The molecule has 0 aliphatic carbocycles. The molecule has 0 spiro atoms. The first-order chi connectivity index (χ1) is 7.29. The zero-order chi connectivity index (χ0) is 12.3. The van der Waals surface area contributed by atoms with Crippen LogP contribution in [0, 0.1) is 13.8 Å². The van der Waals surface area contributed by atoms with Crippen LogP contribution >= 0.6 is 11.3 Å². The number of hydrogen-bond acceptors (Lipinski definition) is 5. The van der Waals surface area contributed by atoms with Crippen LogP contribution in [0.2, 0.25) is 0 Å². The Balaban J connectivity index is 2.51. The van der Waals surface area contributed by atoms with E-state index in [0.29, 0.717) is 5.69 Å². The summed E-state index contributed by atoms with van der Waals surface area (Å²) in [6, 6.07) is 0. The zero-order valence-corrected chi connectivity index (χ0v) is 10.6. The quantitative estimate of drug-likeness (QED) is 0.780. The molecule has 5 nitrogen and oxygen atoms in total. The maximum Gasteiger partial charge on any atom is 0.294 e. The van der Waals surface area contributed by atoms with Gasteiger partial charge in [-0.1, -0.05) is 0 Å². The van der Waals surface area contributed by atoms with Crippen molar-refractivity contribution in [2.75, 3.05) is 6.61 Å². The van der Waals surface area contributed by atoms with Gasteiger partial charge in [0.25, 0.3) is 5.91 Å². The Hall–Kier alpha value is -0.980. The molecule has 1 rings (SSSR count). The van der Waals surface area contributed by atoms with Crippen LogP contribution < -0.4 is 5.48 Å². The lowest BCUT2D eigenvalue weighted by Gasteiger charge is -2.16. The number of aryl methyl sites for hydroxylation is 2. The van der Waals surface area contributed by atoms with Gasteiger partial charge in [-0.2, -0.15) is 0 Å². The smallest absolute Gasteiger partial charge is 0.294 e. The Kier molecular flexibility index (Phi) is 4.01. The number of nitrogens with one attached hydrogen (secondary N) is 1. The standard InChI is InChI=1S/C10H16N2O3S/c1-6-8(11-7(2)16-6)9(13)12-15-5-10(3,4)14/h14H,5H2,1-4H3,(H,12,13). The molecule has 1 amide bonds. The highest BCUT2D eigenvalue weighted by molar-refractivity contribution is 7.11. The molecule has 0 atom stereocenters. The van der Waals surface area contributed by atoms with E-state index in [1.165, 1.54) is 11.3 Å².